The summed E-state index contributed by atoms with van der Waals surface area (Å²) in [6.07, 6.45) is 4.95. The molecule has 4 heteroatoms. The number of piperazine rings is 1. The first-order valence-electron chi connectivity index (χ1n) is 7.75. The Morgan fingerprint density at radius 3 is 2.57 bits per heavy atom. The highest BCUT2D eigenvalue weighted by atomic mass is 16.2. The minimum absolute atomic E-state index is 0.193. The molecule has 0 N–H and O–H groups in total. The number of amides is 1. The van der Waals surface area contributed by atoms with Crippen LogP contribution in [0.4, 0.5) is 0 Å². The number of rotatable bonds is 3. The van der Waals surface area contributed by atoms with Crippen LogP contribution in [0.25, 0.3) is 0 Å². The zero-order valence-corrected chi connectivity index (χ0v) is 13.7. The van der Waals surface area contributed by atoms with Crippen LogP contribution < -0.4 is 0 Å². The average molecular weight is 289 g/mol. The molecule has 1 amide bonds. The maximum atomic E-state index is 12.4. The second-order valence-electron chi connectivity index (χ2n) is 7.06. The van der Waals surface area contributed by atoms with Crippen LogP contribution in [0.5, 0.6) is 0 Å². The highest BCUT2D eigenvalue weighted by molar-refractivity contribution is 5.76. The van der Waals surface area contributed by atoms with Gasteiger partial charge >= 0.3 is 0 Å². The fourth-order valence-corrected chi connectivity index (χ4v) is 2.99. The van der Waals surface area contributed by atoms with Gasteiger partial charge in [-0.1, -0.05) is 20.8 Å². The van der Waals surface area contributed by atoms with Crippen LogP contribution in [0.3, 0.4) is 0 Å². The Hall–Kier alpha value is -1.42. The molecule has 1 saturated heterocycles. The van der Waals surface area contributed by atoms with E-state index in [2.05, 4.69) is 37.7 Å². The number of carbonyl (C=O) groups is 1. The van der Waals surface area contributed by atoms with Crippen molar-refractivity contribution in [1.82, 2.24) is 14.8 Å². The molecule has 1 fully saturated rings. The molecule has 0 radical (unpaired) electrons. The van der Waals surface area contributed by atoms with Crippen LogP contribution in [0.15, 0.2) is 24.5 Å². The van der Waals surface area contributed by atoms with E-state index in [0.29, 0.717) is 12.5 Å². The highest BCUT2D eigenvalue weighted by Crippen LogP contribution is 2.26. The predicted molar refractivity (Wildman–Crippen MR) is 85.0 cm³/mol. The normalized spacial score (nSPS) is 20.6. The van der Waals surface area contributed by atoms with Gasteiger partial charge in [0.05, 0.1) is 0 Å². The summed E-state index contributed by atoms with van der Waals surface area (Å²) in [5.74, 6) is 0.272. The van der Waals surface area contributed by atoms with E-state index in [9.17, 15) is 4.79 Å². The summed E-state index contributed by atoms with van der Waals surface area (Å²) in [6, 6.07) is 4.39. The van der Waals surface area contributed by atoms with E-state index in [0.717, 1.165) is 26.1 Å². The second-order valence-corrected chi connectivity index (χ2v) is 7.06. The summed E-state index contributed by atoms with van der Waals surface area (Å²) in [6.45, 7) is 9.40. The zero-order valence-electron chi connectivity index (χ0n) is 13.7. The molecule has 21 heavy (non-hydrogen) atoms. The lowest BCUT2D eigenvalue weighted by Gasteiger charge is -2.45. The summed E-state index contributed by atoms with van der Waals surface area (Å²) < 4.78 is 0. The first kappa shape index (κ1) is 16.0. The van der Waals surface area contributed by atoms with Crippen LogP contribution >= 0.6 is 0 Å². The van der Waals surface area contributed by atoms with Gasteiger partial charge < -0.3 is 4.90 Å². The Kier molecular flexibility index (Phi) is 4.99. The SMILES string of the molecule is CN1CCN(C(=O)CCc2ccncc2)CC1C(C)(C)C. The number of aromatic nitrogens is 1. The van der Waals surface area contributed by atoms with Gasteiger partial charge in [-0.15, -0.1) is 0 Å². The first-order chi connectivity index (χ1) is 9.88. The van der Waals surface area contributed by atoms with E-state index >= 15 is 0 Å². The van der Waals surface area contributed by atoms with Crippen molar-refractivity contribution in [3.63, 3.8) is 0 Å². The third kappa shape index (κ3) is 4.27. The van der Waals surface area contributed by atoms with Crippen molar-refractivity contribution in [2.24, 2.45) is 5.41 Å². The monoisotopic (exact) mass is 289 g/mol. The van der Waals surface area contributed by atoms with Crippen molar-refractivity contribution >= 4 is 5.91 Å². The van der Waals surface area contributed by atoms with Gasteiger partial charge in [-0.2, -0.15) is 0 Å². The van der Waals surface area contributed by atoms with Gasteiger partial charge in [-0.05, 0) is 36.6 Å². The molecular formula is C17H27N3O. The Balaban J connectivity index is 1.91. The lowest BCUT2D eigenvalue weighted by atomic mass is 9.84. The molecule has 1 aromatic heterocycles. The van der Waals surface area contributed by atoms with Gasteiger partial charge in [0.25, 0.3) is 0 Å². The quantitative estimate of drug-likeness (QED) is 0.856. The van der Waals surface area contributed by atoms with E-state index in [4.69, 9.17) is 0 Å². The van der Waals surface area contributed by atoms with E-state index in [-0.39, 0.29) is 11.3 Å². The summed E-state index contributed by atoms with van der Waals surface area (Å²) >= 11 is 0. The molecule has 1 unspecified atom stereocenters. The van der Waals surface area contributed by atoms with E-state index < -0.39 is 0 Å². The minimum Gasteiger partial charge on any atom is -0.340 e. The molecule has 116 valence electrons. The largest absolute Gasteiger partial charge is 0.340 e. The highest BCUT2D eigenvalue weighted by Gasteiger charge is 2.34. The number of carbonyl (C=O) groups excluding carboxylic acids is 1. The minimum atomic E-state index is 0.193. The molecule has 0 saturated carbocycles. The number of hydrogen-bond donors (Lipinski definition) is 0. The van der Waals surface area contributed by atoms with Gasteiger partial charge in [-0.3, -0.25) is 14.7 Å². The van der Waals surface area contributed by atoms with Gasteiger partial charge in [0.2, 0.25) is 5.91 Å². The van der Waals surface area contributed by atoms with E-state index in [1.54, 1.807) is 12.4 Å². The Bertz CT molecular complexity index is 467. The number of likely N-dealkylation sites (N-methyl/N-ethyl adjacent to an activating group) is 1. The fourth-order valence-electron chi connectivity index (χ4n) is 2.99. The van der Waals surface area contributed by atoms with Gasteiger partial charge in [-0.25, -0.2) is 0 Å². The second kappa shape index (κ2) is 6.56. The predicted octanol–water partition coefficient (Wildman–Crippen LogP) is 2.20. The average Bonchev–Trinajstić information content (AvgIpc) is 2.45. The molecule has 1 aliphatic heterocycles. The van der Waals surface area contributed by atoms with Gasteiger partial charge in [0.15, 0.2) is 0 Å². The summed E-state index contributed by atoms with van der Waals surface area (Å²) in [5, 5.41) is 0. The van der Waals surface area contributed by atoms with Crippen LogP contribution in [0.2, 0.25) is 0 Å². The lowest BCUT2D eigenvalue weighted by molar-refractivity contribution is -0.135. The lowest BCUT2D eigenvalue weighted by Crippen LogP contribution is -2.57. The Morgan fingerprint density at radius 2 is 1.95 bits per heavy atom. The number of nitrogens with zero attached hydrogens (tertiary/aromatic N) is 3. The van der Waals surface area contributed by atoms with Crippen molar-refractivity contribution in [1.29, 1.82) is 0 Å². The molecule has 1 aliphatic rings. The molecule has 2 heterocycles. The van der Waals surface area contributed by atoms with Crippen LogP contribution in [0.1, 0.15) is 32.8 Å². The maximum Gasteiger partial charge on any atom is 0.222 e. The molecular weight excluding hydrogens is 262 g/mol. The Morgan fingerprint density at radius 1 is 1.29 bits per heavy atom. The molecule has 0 spiro atoms. The van der Waals surface area contributed by atoms with Crippen LogP contribution in [-0.4, -0.2) is 53.4 Å². The zero-order chi connectivity index (χ0) is 15.5. The maximum absolute atomic E-state index is 12.4. The number of aryl methyl sites for hydroxylation is 1. The van der Waals surface area contributed by atoms with E-state index in [1.165, 1.54) is 5.56 Å². The molecule has 0 aromatic carbocycles. The van der Waals surface area contributed by atoms with Crippen molar-refractivity contribution < 1.29 is 4.79 Å². The number of pyridine rings is 1. The Labute approximate surface area is 128 Å². The van der Waals surface area contributed by atoms with Gasteiger partial charge in [0.1, 0.15) is 0 Å². The van der Waals surface area contributed by atoms with Crippen LogP contribution in [0, 0.1) is 5.41 Å². The third-order valence-corrected chi connectivity index (χ3v) is 4.38. The van der Waals surface area contributed by atoms with Crippen molar-refractivity contribution in [3.05, 3.63) is 30.1 Å². The summed E-state index contributed by atoms with van der Waals surface area (Å²) in [5.41, 5.74) is 1.37. The fraction of sp³-hybridized carbons (Fsp3) is 0.647. The van der Waals surface area contributed by atoms with Crippen LogP contribution in [-0.2, 0) is 11.2 Å². The first-order valence-corrected chi connectivity index (χ1v) is 7.75. The third-order valence-electron chi connectivity index (χ3n) is 4.38. The molecule has 1 atom stereocenters. The topological polar surface area (TPSA) is 36.4 Å². The summed E-state index contributed by atoms with van der Waals surface area (Å²) in [4.78, 5) is 20.9. The molecule has 1 aromatic rings. The van der Waals surface area contributed by atoms with Crippen molar-refractivity contribution in [2.45, 2.75) is 39.7 Å². The molecule has 4 nitrogen and oxygen atoms in total. The standard InChI is InChI=1S/C17H27N3O/c1-17(2,3)15-13-20(12-11-19(15)4)16(21)6-5-14-7-9-18-10-8-14/h7-10,15H,5-6,11-13H2,1-4H3. The molecule has 0 aliphatic carbocycles. The number of hydrogen-bond acceptors (Lipinski definition) is 3. The summed E-state index contributed by atoms with van der Waals surface area (Å²) in [7, 11) is 2.16. The van der Waals surface area contributed by atoms with Crippen molar-refractivity contribution in [2.75, 3.05) is 26.7 Å². The molecule has 0 bridgehead atoms. The van der Waals surface area contributed by atoms with E-state index in [1.807, 2.05) is 17.0 Å². The van der Waals surface area contributed by atoms with Gasteiger partial charge in [0, 0.05) is 44.5 Å². The van der Waals surface area contributed by atoms with Crippen molar-refractivity contribution in [3.8, 4) is 0 Å². The molecule has 2 rings (SSSR count). The smallest absolute Gasteiger partial charge is 0.222 e.